The Morgan fingerprint density at radius 3 is 2.53 bits per heavy atom. The second-order valence-electron chi connectivity index (χ2n) is 5.67. The molecule has 2 nitrogen and oxygen atoms in total. The first-order valence-electron chi connectivity index (χ1n) is 7.06. The van der Waals surface area contributed by atoms with Crippen LogP contribution in [-0.2, 0) is 0 Å². The highest BCUT2D eigenvalue weighted by atomic mass is 79.9. The summed E-state index contributed by atoms with van der Waals surface area (Å²) >= 11 is 3.56. The van der Waals surface area contributed by atoms with E-state index >= 15 is 0 Å². The summed E-state index contributed by atoms with van der Waals surface area (Å²) in [6, 6.07) is 4.02. The number of aliphatic hydroxyl groups excluding tert-OH is 1. The van der Waals surface area contributed by atoms with Gasteiger partial charge in [-0.25, -0.2) is 0 Å². The first kappa shape index (κ1) is 14.9. The molecule has 0 heterocycles. The summed E-state index contributed by atoms with van der Waals surface area (Å²) < 4.78 is 6.50. The molecule has 1 aromatic carbocycles. The molecule has 1 saturated carbocycles. The van der Waals surface area contributed by atoms with Crippen LogP contribution in [0.2, 0.25) is 0 Å². The molecule has 1 unspecified atom stereocenters. The van der Waals surface area contributed by atoms with Crippen LogP contribution in [0.25, 0.3) is 0 Å². The predicted molar refractivity (Wildman–Crippen MR) is 81.6 cm³/mol. The number of ether oxygens (including phenoxy) is 1. The van der Waals surface area contributed by atoms with E-state index in [2.05, 4.69) is 22.9 Å². The van der Waals surface area contributed by atoms with Crippen LogP contribution >= 0.6 is 15.9 Å². The van der Waals surface area contributed by atoms with E-state index < -0.39 is 6.10 Å². The summed E-state index contributed by atoms with van der Waals surface area (Å²) in [5.41, 5.74) is 2.08. The van der Waals surface area contributed by atoms with Crippen LogP contribution in [0.4, 0.5) is 0 Å². The first-order chi connectivity index (χ1) is 9.04. The SMILES string of the molecule is CCC1(C(O)c2cc(Br)c(C)cc2OC)CCCC1. The smallest absolute Gasteiger partial charge is 0.125 e. The van der Waals surface area contributed by atoms with Crippen LogP contribution in [0.3, 0.4) is 0 Å². The van der Waals surface area contributed by atoms with Gasteiger partial charge in [0.25, 0.3) is 0 Å². The van der Waals surface area contributed by atoms with Crippen LogP contribution in [-0.4, -0.2) is 12.2 Å². The van der Waals surface area contributed by atoms with Crippen molar-refractivity contribution in [3.8, 4) is 5.75 Å². The maximum Gasteiger partial charge on any atom is 0.125 e. The molecular weight excluding hydrogens is 304 g/mol. The van der Waals surface area contributed by atoms with Gasteiger partial charge in [0.05, 0.1) is 13.2 Å². The molecule has 0 saturated heterocycles. The summed E-state index contributed by atoms with van der Waals surface area (Å²) in [6.07, 6.45) is 5.24. The maximum absolute atomic E-state index is 10.9. The number of halogens is 1. The monoisotopic (exact) mass is 326 g/mol. The molecule has 1 fully saturated rings. The van der Waals surface area contributed by atoms with E-state index in [9.17, 15) is 5.11 Å². The van der Waals surface area contributed by atoms with Gasteiger partial charge >= 0.3 is 0 Å². The Hall–Kier alpha value is -0.540. The highest BCUT2D eigenvalue weighted by molar-refractivity contribution is 9.10. The number of methoxy groups -OCH3 is 1. The van der Waals surface area contributed by atoms with Gasteiger partial charge in [0.15, 0.2) is 0 Å². The molecule has 106 valence electrons. The summed E-state index contributed by atoms with van der Waals surface area (Å²) in [6.45, 7) is 4.22. The average Bonchev–Trinajstić information content (AvgIpc) is 2.90. The first-order valence-corrected chi connectivity index (χ1v) is 7.85. The quantitative estimate of drug-likeness (QED) is 0.863. The molecule has 19 heavy (non-hydrogen) atoms. The highest BCUT2D eigenvalue weighted by Crippen LogP contribution is 2.51. The molecular formula is C16H23BrO2. The molecule has 3 heteroatoms. The molecule has 0 aliphatic heterocycles. The lowest BCUT2D eigenvalue weighted by Crippen LogP contribution is -2.25. The van der Waals surface area contributed by atoms with Gasteiger partial charge in [0.1, 0.15) is 5.75 Å². The van der Waals surface area contributed by atoms with Crippen LogP contribution < -0.4 is 4.74 Å². The van der Waals surface area contributed by atoms with Crippen molar-refractivity contribution < 1.29 is 9.84 Å². The van der Waals surface area contributed by atoms with E-state index in [1.165, 1.54) is 12.8 Å². The minimum Gasteiger partial charge on any atom is -0.496 e. The standard InChI is InChI=1S/C16H23BrO2/c1-4-16(7-5-6-8-16)15(18)12-10-13(17)11(2)9-14(12)19-3/h9-10,15,18H,4-8H2,1-3H3. The zero-order valence-electron chi connectivity index (χ0n) is 12.0. The van der Waals surface area contributed by atoms with Crippen molar-refractivity contribution >= 4 is 15.9 Å². The molecule has 0 amide bonds. The summed E-state index contributed by atoms with van der Waals surface area (Å²) in [7, 11) is 1.67. The Kier molecular flexibility index (Phi) is 4.57. The van der Waals surface area contributed by atoms with Crippen molar-refractivity contribution in [1.29, 1.82) is 0 Å². The molecule has 1 aliphatic rings. The second kappa shape index (κ2) is 5.84. The predicted octanol–water partition coefficient (Wildman–Crippen LogP) is 4.77. The Morgan fingerprint density at radius 2 is 2.00 bits per heavy atom. The Labute approximate surface area is 124 Å². The topological polar surface area (TPSA) is 29.5 Å². The summed E-state index contributed by atoms with van der Waals surface area (Å²) in [5.74, 6) is 0.799. The molecule has 2 rings (SSSR count). The number of hydrogen-bond acceptors (Lipinski definition) is 2. The molecule has 1 N–H and O–H groups in total. The van der Waals surface area contributed by atoms with Crippen molar-refractivity contribution in [1.82, 2.24) is 0 Å². The fourth-order valence-corrected chi connectivity index (χ4v) is 3.65. The van der Waals surface area contributed by atoms with E-state index in [0.717, 1.165) is 40.6 Å². The molecule has 0 radical (unpaired) electrons. The molecule has 1 aromatic rings. The van der Waals surface area contributed by atoms with E-state index in [-0.39, 0.29) is 5.41 Å². The van der Waals surface area contributed by atoms with E-state index in [4.69, 9.17) is 4.74 Å². The van der Waals surface area contributed by atoms with Crippen molar-refractivity contribution in [2.45, 2.75) is 52.1 Å². The zero-order valence-corrected chi connectivity index (χ0v) is 13.6. The van der Waals surface area contributed by atoms with Gasteiger partial charge in [-0.2, -0.15) is 0 Å². The average molecular weight is 327 g/mol. The Bertz CT molecular complexity index is 450. The van der Waals surface area contributed by atoms with Gasteiger partial charge in [0, 0.05) is 15.5 Å². The Morgan fingerprint density at radius 1 is 1.37 bits per heavy atom. The molecule has 1 aliphatic carbocycles. The van der Waals surface area contributed by atoms with Crippen LogP contribution in [0.5, 0.6) is 5.75 Å². The van der Waals surface area contributed by atoms with Gasteiger partial charge in [-0.05, 0) is 43.9 Å². The molecule has 1 atom stereocenters. The van der Waals surface area contributed by atoms with Crippen LogP contribution in [0.15, 0.2) is 16.6 Å². The number of hydrogen-bond donors (Lipinski definition) is 1. The summed E-state index contributed by atoms with van der Waals surface area (Å²) in [5, 5.41) is 10.9. The number of rotatable bonds is 4. The second-order valence-corrected chi connectivity index (χ2v) is 6.52. The fourth-order valence-electron chi connectivity index (χ4n) is 3.29. The van der Waals surface area contributed by atoms with Crippen molar-refractivity contribution in [2.24, 2.45) is 5.41 Å². The lowest BCUT2D eigenvalue weighted by molar-refractivity contribution is 0.0220. The van der Waals surface area contributed by atoms with Gasteiger partial charge in [-0.15, -0.1) is 0 Å². The number of aliphatic hydroxyl groups is 1. The normalized spacial score (nSPS) is 19.4. The highest BCUT2D eigenvalue weighted by Gasteiger charge is 2.40. The summed E-state index contributed by atoms with van der Waals surface area (Å²) in [4.78, 5) is 0. The van der Waals surface area contributed by atoms with Crippen molar-refractivity contribution in [3.05, 3.63) is 27.7 Å². The largest absolute Gasteiger partial charge is 0.496 e. The third kappa shape index (κ3) is 2.68. The van der Waals surface area contributed by atoms with Gasteiger partial charge in [-0.3, -0.25) is 0 Å². The van der Waals surface area contributed by atoms with Gasteiger partial charge in [0.2, 0.25) is 0 Å². The van der Waals surface area contributed by atoms with Gasteiger partial charge in [-0.1, -0.05) is 35.7 Å². The molecule has 0 spiro atoms. The van der Waals surface area contributed by atoms with Crippen molar-refractivity contribution in [3.63, 3.8) is 0 Å². The fraction of sp³-hybridized carbons (Fsp3) is 0.625. The number of benzene rings is 1. The van der Waals surface area contributed by atoms with Crippen molar-refractivity contribution in [2.75, 3.05) is 7.11 Å². The minimum atomic E-state index is -0.438. The third-order valence-corrected chi connectivity index (χ3v) is 5.54. The van der Waals surface area contributed by atoms with E-state index in [1.807, 2.05) is 19.1 Å². The maximum atomic E-state index is 10.9. The minimum absolute atomic E-state index is 0.0297. The Balaban J connectivity index is 2.42. The third-order valence-electron chi connectivity index (χ3n) is 4.69. The van der Waals surface area contributed by atoms with Crippen LogP contribution in [0.1, 0.15) is 56.3 Å². The lowest BCUT2D eigenvalue weighted by atomic mass is 9.75. The van der Waals surface area contributed by atoms with Crippen LogP contribution in [0, 0.1) is 12.3 Å². The molecule has 0 bridgehead atoms. The molecule has 0 aromatic heterocycles. The van der Waals surface area contributed by atoms with E-state index in [1.54, 1.807) is 7.11 Å². The zero-order chi connectivity index (χ0) is 14.0. The van der Waals surface area contributed by atoms with E-state index in [0.29, 0.717) is 0 Å². The lowest BCUT2D eigenvalue weighted by Gasteiger charge is -2.34. The number of aryl methyl sites for hydroxylation is 1. The van der Waals surface area contributed by atoms with Gasteiger partial charge < -0.3 is 9.84 Å².